The summed E-state index contributed by atoms with van der Waals surface area (Å²) in [5.74, 6) is -6.80. The van der Waals surface area contributed by atoms with Gasteiger partial charge in [-0.05, 0) is 145 Å². The Bertz CT molecular complexity index is 7060. The van der Waals surface area contributed by atoms with E-state index in [4.69, 9.17) is 28.0 Å². The van der Waals surface area contributed by atoms with E-state index in [0.717, 1.165) is 46.0 Å². The minimum absolute atomic E-state index is 0.00579. The molecule has 1 aliphatic carbocycles. The highest BCUT2D eigenvalue weighted by atomic mass is 19.1. The maximum atomic E-state index is 13.6. The Hall–Kier alpha value is -17.2. The predicted octanol–water partition coefficient (Wildman–Crippen LogP) is 8.95. The first-order valence-corrected chi connectivity index (χ1v) is 38.9. The normalized spacial score (nSPS) is 12.2. The highest BCUT2D eigenvalue weighted by Gasteiger charge is 2.28. The molecule has 19 N–H and O–H groups in total. The fourth-order valence-electron chi connectivity index (χ4n) is 12.9. The molecule has 7 aromatic carbocycles. The first kappa shape index (κ1) is 86.2. The minimum atomic E-state index is -1.21. The zero-order valence-corrected chi connectivity index (χ0v) is 66.7. The molecule has 0 saturated heterocycles. The molecule has 10 aromatic heterocycles. The van der Waals surface area contributed by atoms with E-state index in [2.05, 4.69) is 133 Å². The van der Waals surface area contributed by atoms with Gasteiger partial charge in [0.05, 0.1) is 46.9 Å². The largest absolute Gasteiger partial charge is 0.394 e. The molecule has 10 heterocycles. The van der Waals surface area contributed by atoms with E-state index < -0.39 is 95.3 Å². The number of nitrogens with zero attached hydrogens (tertiary/aromatic N) is 10. The molecule has 3 atom stereocenters. The average Bonchev–Trinajstić information content (AvgIpc) is 1.68. The SMILES string of the molecule is CC(NC(=O)c1ccc2[nH]nc(-c3cccc(F)c3)c2n1)C(N)=O.NC(=O)C(CO)NC(=O)c1ccc2[nH]nc(-c3cccc(F)c3)c2n1.NC(=O)C(Cc1ccccc1)NC(=O)c1ccc2[nH]nc(-c3cccc(F)c3)c2n1.NC(=O)CNC(=O)c1ccc2[nH]nc(-c3cccc(F)c3)c2n1.O=C(NC1CC1)c1cc2c(-c3ccc4ccccc4c3)n[nH]c2cn1. The van der Waals surface area contributed by atoms with Crippen molar-refractivity contribution in [2.45, 2.75) is 50.4 Å². The summed E-state index contributed by atoms with van der Waals surface area (Å²) in [6, 6.07) is 59.1. The van der Waals surface area contributed by atoms with Crippen LogP contribution < -0.4 is 49.5 Å². The Morgan fingerprint density at radius 2 is 0.787 bits per heavy atom. The first-order chi connectivity index (χ1) is 61.3. The zero-order chi connectivity index (χ0) is 89.5. The lowest BCUT2D eigenvalue weighted by molar-refractivity contribution is -0.121. The van der Waals surface area contributed by atoms with E-state index in [9.17, 15) is 60.7 Å². The highest BCUT2D eigenvalue weighted by Crippen LogP contribution is 2.33. The molecule has 1 saturated carbocycles. The second-order valence-corrected chi connectivity index (χ2v) is 28.7. The van der Waals surface area contributed by atoms with E-state index in [-0.39, 0.29) is 41.6 Å². The molecule has 17 aromatic rings. The fraction of sp³-hybridized carbons (Fsp3) is 0.112. The molecule has 1 aliphatic rings. The number of carbonyl (C=O) groups excluding carboxylic acids is 9. The third-order valence-corrected chi connectivity index (χ3v) is 19.5. The molecule has 0 aliphatic heterocycles. The van der Waals surface area contributed by atoms with Crippen LogP contribution in [0, 0.1) is 23.3 Å². The van der Waals surface area contributed by atoms with Crippen molar-refractivity contribution in [1.29, 1.82) is 0 Å². The number of nitrogens with two attached hydrogens (primary N) is 4. The number of H-pyrrole nitrogens is 5. The Labute approximate surface area is 714 Å². The van der Waals surface area contributed by atoms with E-state index in [1.807, 2.05) is 48.5 Å². The summed E-state index contributed by atoms with van der Waals surface area (Å²) in [6.45, 7) is 0.582. The van der Waals surface area contributed by atoms with Crippen LogP contribution in [0.1, 0.15) is 77.8 Å². The molecule has 18 rings (SSSR count). The van der Waals surface area contributed by atoms with Gasteiger partial charge in [0.25, 0.3) is 29.5 Å². The van der Waals surface area contributed by atoms with Gasteiger partial charge in [-0.25, -0.2) is 42.5 Å². The summed E-state index contributed by atoms with van der Waals surface area (Å²) in [6.07, 6.45) is 4.06. The molecule has 34 nitrogen and oxygen atoms in total. The third kappa shape index (κ3) is 21.1. The second kappa shape index (κ2) is 38.7. The number of hydrogen-bond donors (Lipinski definition) is 15. The molecule has 638 valence electrons. The second-order valence-electron chi connectivity index (χ2n) is 28.7. The lowest BCUT2D eigenvalue weighted by atomic mass is 10.0. The molecule has 9 amide bonds. The topological polar surface area (TPSA) is 546 Å². The molecule has 1 fully saturated rings. The third-order valence-electron chi connectivity index (χ3n) is 19.5. The van der Waals surface area contributed by atoms with Crippen LogP contribution >= 0.6 is 0 Å². The Kier molecular flexibility index (Phi) is 26.3. The highest BCUT2D eigenvalue weighted by molar-refractivity contribution is 6.05. The molecule has 0 spiro atoms. The molecule has 0 bridgehead atoms. The Balaban J connectivity index is 0.000000129. The lowest BCUT2D eigenvalue weighted by Crippen LogP contribution is -2.46. The van der Waals surface area contributed by atoms with Crippen molar-refractivity contribution in [1.82, 2.24) is 102 Å². The predicted molar refractivity (Wildman–Crippen MR) is 460 cm³/mol. The summed E-state index contributed by atoms with van der Waals surface area (Å²) in [4.78, 5) is 127. The summed E-state index contributed by atoms with van der Waals surface area (Å²) in [5.41, 5.74) is 32.8. The molecule has 127 heavy (non-hydrogen) atoms. The van der Waals surface area contributed by atoms with Crippen molar-refractivity contribution in [2.24, 2.45) is 22.9 Å². The van der Waals surface area contributed by atoms with Gasteiger partial charge in [0, 0.05) is 45.7 Å². The number of carbonyl (C=O) groups is 9. The van der Waals surface area contributed by atoms with Gasteiger partial charge < -0.3 is 54.6 Å². The van der Waals surface area contributed by atoms with Gasteiger partial charge in [0.15, 0.2) is 0 Å². The number of aromatic amines is 5. The summed E-state index contributed by atoms with van der Waals surface area (Å²) >= 11 is 0. The van der Waals surface area contributed by atoms with Crippen LogP contribution in [0.4, 0.5) is 17.6 Å². The average molecular weight is 1720 g/mol. The van der Waals surface area contributed by atoms with Gasteiger partial charge >= 0.3 is 0 Å². The molecular formula is C89H74F4N24O10. The minimum Gasteiger partial charge on any atom is -0.394 e. The first-order valence-electron chi connectivity index (χ1n) is 38.9. The number of benzene rings is 7. The number of pyridine rings is 5. The number of nitrogens with one attached hydrogen (secondary N) is 10. The molecule has 3 unspecified atom stereocenters. The standard InChI is InChI=1S/C22H18FN5O2.C20H16N4O.C16H14FN5O3.C16H14FN5O2.C15H12FN5O2/c23-15-8-4-7-14(12-15)19-20-16(27-28-19)9-10-17(25-20)22(30)26-18(21(24)29)11-13-5-2-1-3-6-13;25-20(22-15-7-8-15)17-10-16-18(11-21-17)23-24-19(16)14-6-5-12-3-1-2-4-13(12)9-14;17-9-3-1-2-8(6-9)13-14-10(21-22-13)4-5-11(19-14)16(25)20-12(7-23)15(18)24;1-8(15(18)23)19-16(24)12-6-5-11-14(20-12)13(22-21-11)9-3-2-4-10(17)7-9;16-9-3-1-2-8(6-9)13-14-10(20-21-13)4-5-11(19-14)15(23)18-7-12(17)22/h1-10,12,18H,11H2,(H2,24,29)(H,26,30)(H,27,28);1-6,9-11,15H,7-8H2,(H,22,25)(H,23,24);1-6,12,23H,7H2,(H2,18,24)(H,20,25)(H,21,22);2-8H,1H3,(H2,18,23)(H,19,24)(H,21,22);1-6H,7H2,(H2,17,22)(H,18,23)(H,20,21). The number of amides is 9. The Morgan fingerprint density at radius 3 is 1.20 bits per heavy atom. The van der Waals surface area contributed by atoms with Gasteiger partial charge in [-0.3, -0.25) is 68.6 Å². The number of rotatable bonds is 22. The van der Waals surface area contributed by atoms with Crippen molar-refractivity contribution in [3.8, 4) is 56.3 Å². The van der Waals surface area contributed by atoms with Crippen LogP contribution in [-0.4, -0.2) is 171 Å². The number of hydrogen-bond acceptors (Lipinski definition) is 20. The van der Waals surface area contributed by atoms with E-state index >= 15 is 0 Å². The lowest BCUT2D eigenvalue weighted by Gasteiger charge is -2.15. The maximum absolute atomic E-state index is 13.6. The summed E-state index contributed by atoms with van der Waals surface area (Å²) in [5, 5.41) is 60.2. The number of aliphatic hydroxyl groups excluding tert-OH is 1. The summed E-state index contributed by atoms with van der Waals surface area (Å²) in [7, 11) is 0. The van der Waals surface area contributed by atoms with Gasteiger partial charge in [0.2, 0.25) is 23.6 Å². The number of primary amides is 4. The quantitative estimate of drug-likeness (QED) is 0.0281. The smallest absolute Gasteiger partial charge is 0.270 e. The van der Waals surface area contributed by atoms with Crippen molar-refractivity contribution >= 4 is 119 Å². The van der Waals surface area contributed by atoms with Crippen LogP contribution in [0.25, 0.3) is 122 Å². The van der Waals surface area contributed by atoms with Gasteiger partial charge in [-0.15, -0.1) is 0 Å². The van der Waals surface area contributed by atoms with Crippen LogP contribution in [0.3, 0.4) is 0 Å². The van der Waals surface area contributed by atoms with E-state index in [0.29, 0.717) is 101 Å². The van der Waals surface area contributed by atoms with E-state index in [1.165, 1.54) is 85.1 Å². The number of fused-ring (bicyclic) bond motifs is 6. The fourth-order valence-corrected chi connectivity index (χ4v) is 12.9. The zero-order valence-electron chi connectivity index (χ0n) is 66.7. The molecular weight excluding hydrogens is 1640 g/mol. The molecule has 0 radical (unpaired) electrons. The number of halogens is 4. The number of aromatic nitrogens is 15. The number of aliphatic hydroxyl groups is 1. The van der Waals surface area contributed by atoms with Crippen molar-refractivity contribution < 1.29 is 65.8 Å². The van der Waals surface area contributed by atoms with E-state index in [1.54, 1.807) is 79.0 Å². The van der Waals surface area contributed by atoms with Crippen molar-refractivity contribution in [3.63, 3.8) is 0 Å². The van der Waals surface area contributed by atoms with Crippen LogP contribution in [0.2, 0.25) is 0 Å². The van der Waals surface area contributed by atoms with Crippen LogP contribution in [-0.2, 0) is 25.6 Å². The van der Waals surface area contributed by atoms with Crippen LogP contribution in [0.5, 0.6) is 0 Å². The molecule has 38 heteroatoms. The maximum Gasteiger partial charge on any atom is 0.270 e. The van der Waals surface area contributed by atoms with Crippen molar-refractivity contribution in [3.05, 3.63) is 288 Å². The Morgan fingerprint density at radius 1 is 0.394 bits per heavy atom. The van der Waals surface area contributed by atoms with Crippen molar-refractivity contribution in [2.75, 3.05) is 13.2 Å². The van der Waals surface area contributed by atoms with Gasteiger partial charge in [0.1, 0.15) is 120 Å². The van der Waals surface area contributed by atoms with Gasteiger partial charge in [-0.2, -0.15) is 25.5 Å². The monoisotopic (exact) mass is 1710 g/mol. The van der Waals surface area contributed by atoms with Gasteiger partial charge in [-0.1, -0.05) is 115 Å². The summed E-state index contributed by atoms with van der Waals surface area (Å²) < 4.78 is 53.8. The van der Waals surface area contributed by atoms with Crippen LogP contribution in [0.15, 0.2) is 231 Å².